The minimum absolute atomic E-state index is 0.394. The van der Waals surface area contributed by atoms with Crippen LogP contribution in [0.2, 0.25) is 10.0 Å². The van der Waals surface area contributed by atoms with E-state index in [1.54, 1.807) is 18.3 Å². The van der Waals surface area contributed by atoms with E-state index < -0.39 is 0 Å². The molecule has 0 aliphatic rings. The standard InChI is InChI=1S/C26H19Cl2NO2/c27-24-15-20(16-25(28)26(24)30-18-19-7-3-1-4-8-19)17-29-21-11-13-23(14-12-21)31-22-9-5-2-6-10-22/h1-17H,18H2. The molecule has 154 valence electrons. The fraction of sp³-hybridized carbons (Fsp3) is 0.0385. The van der Waals surface area contributed by atoms with Crippen LogP contribution in [0.15, 0.2) is 102 Å². The van der Waals surface area contributed by atoms with Crippen molar-refractivity contribution in [3.05, 3.63) is 118 Å². The van der Waals surface area contributed by atoms with Crippen LogP contribution in [-0.2, 0) is 6.61 Å². The Bertz CT molecular complexity index is 1140. The topological polar surface area (TPSA) is 30.8 Å². The van der Waals surface area contributed by atoms with Crippen molar-refractivity contribution in [3.8, 4) is 17.2 Å². The number of aliphatic imine (C=N–C) groups is 1. The molecule has 0 heterocycles. The van der Waals surface area contributed by atoms with Crippen molar-refractivity contribution in [1.82, 2.24) is 0 Å². The zero-order chi connectivity index (χ0) is 21.5. The van der Waals surface area contributed by atoms with Gasteiger partial charge >= 0.3 is 0 Å². The van der Waals surface area contributed by atoms with Gasteiger partial charge in [-0.3, -0.25) is 4.99 Å². The fourth-order valence-corrected chi connectivity index (χ4v) is 3.51. The predicted molar refractivity (Wildman–Crippen MR) is 127 cm³/mol. The lowest BCUT2D eigenvalue weighted by atomic mass is 10.2. The number of benzene rings is 4. The van der Waals surface area contributed by atoms with Gasteiger partial charge in [0.15, 0.2) is 5.75 Å². The Morgan fingerprint density at radius 1 is 0.710 bits per heavy atom. The van der Waals surface area contributed by atoms with E-state index in [0.717, 1.165) is 28.3 Å². The molecule has 4 rings (SSSR count). The summed E-state index contributed by atoms with van der Waals surface area (Å²) in [6.45, 7) is 0.394. The number of ether oxygens (including phenoxy) is 2. The van der Waals surface area contributed by atoms with Gasteiger partial charge in [0.1, 0.15) is 18.1 Å². The van der Waals surface area contributed by atoms with E-state index in [2.05, 4.69) is 4.99 Å². The second-order valence-electron chi connectivity index (χ2n) is 6.76. The Labute approximate surface area is 191 Å². The molecule has 4 aromatic carbocycles. The third kappa shape index (κ3) is 5.88. The molecule has 0 unspecified atom stereocenters. The molecule has 0 atom stereocenters. The maximum atomic E-state index is 6.39. The Morgan fingerprint density at radius 2 is 1.29 bits per heavy atom. The Balaban J connectivity index is 1.41. The SMILES string of the molecule is Clc1cc(C=Nc2ccc(Oc3ccccc3)cc2)cc(Cl)c1OCc1ccccc1. The highest BCUT2D eigenvalue weighted by atomic mass is 35.5. The van der Waals surface area contributed by atoms with Crippen LogP contribution in [0.5, 0.6) is 17.2 Å². The van der Waals surface area contributed by atoms with Gasteiger partial charge in [-0.25, -0.2) is 0 Å². The first kappa shape index (κ1) is 21.0. The second kappa shape index (κ2) is 10.2. The average Bonchev–Trinajstić information content (AvgIpc) is 2.79. The summed E-state index contributed by atoms with van der Waals surface area (Å²) in [5.74, 6) is 2.00. The Hall–Kier alpha value is -3.27. The number of hydrogen-bond donors (Lipinski definition) is 0. The van der Waals surface area contributed by atoms with Crippen molar-refractivity contribution in [2.45, 2.75) is 6.61 Å². The lowest BCUT2D eigenvalue weighted by molar-refractivity contribution is 0.306. The maximum Gasteiger partial charge on any atom is 0.157 e. The molecule has 5 heteroatoms. The molecule has 31 heavy (non-hydrogen) atoms. The highest BCUT2D eigenvalue weighted by Crippen LogP contribution is 2.34. The van der Waals surface area contributed by atoms with E-state index in [9.17, 15) is 0 Å². The smallest absolute Gasteiger partial charge is 0.157 e. The van der Waals surface area contributed by atoms with Crippen molar-refractivity contribution in [2.24, 2.45) is 4.99 Å². The van der Waals surface area contributed by atoms with Crippen molar-refractivity contribution >= 4 is 35.1 Å². The largest absolute Gasteiger partial charge is 0.486 e. The first-order valence-electron chi connectivity index (χ1n) is 9.70. The van der Waals surface area contributed by atoms with E-state index in [4.69, 9.17) is 32.7 Å². The minimum Gasteiger partial charge on any atom is -0.486 e. The Kier molecular flexibility index (Phi) is 6.88. The molecular formula is C26H19Cl2NO2. The molecule has 0 aliphatic heterocycles. The van der Waals surface area contributed by atoms with Gasteiger partial charge < -0.3 is 9.47 Å². The van der Waals surface area contributed by atoms with Crippen LogP contribution in [-0.4, -0.2) is 6.21 Å². The van der Waals surface area contributed by atoms with Crippen molar-refractivity contribution < 1.29 is 9.47 Å². The molecule has 0 radical (unpaired) electrons. The third-order valence-corrected chi connectivity index (χ3v) is 4.99. The van der Waals surface area contributed by atoms with Gasteiger partial charge in [0, 0.05) is 6.21 Å². The van der Waals surface area contributed by atoms with Crippen LogP contribution in [0.25, 0.3) is 0 Å². The van der Waals surface area contributed by atoms with Crippen molar-refractivity contribution in [1.29, 1.82) is 0 Å². The van der Waals surface area contributed by atoms with E-state index in [1.807, 2.05) is 84.9 Å². The lowest BCUT2D eigenvalue weighted by Gasteiger charge is -2.11. The Morgan fingerprint density at radius 3 is 1.94 bits per heavy atom. The summed E-state index contributed by atoms with van der Waals surface area (Å²) in [6.07, 6.45) is 1.71. The normalized spacial score (nSPS) is 10.9. The van der Waals surface area contributed by atoms with Gasteiger partial charge in [0.05, 0.1) is 15.7 Å². The van der Waals surface area contributed by atoms with Crippen molar-refractivity contribution in [2.75, 3.05) is 0 Å². The van der Waals surface area contributed by atoms with Gasteiger partial charge in [0.25, 0.3) is 0 Å². The highest BCUT2D eigenvalue weighted by molar-refractivity contribution is 6.37. The van der Waals surface area contributed by atoms with Crippen LogP contribution in [0.3, 0.4) is 0 Å². The molecular weight excluding hydrogens is 429 g/mol. The minimum atomic E-state index is 0.394. The highest BCUT2D eigenvalue weighted by Gasteiger charge is 2.09. The lowest BCUT2D eigenvalue weighted by Crippen LogP contribution is -1.97. The molecule has 0 amide bonds. The summed E-state index contributed by atoms with van der Waals surface area (Å²) >= 11 is 12.8. The molecule has 4 aromatic rings. The van der Waals surface area contributed by atoms with Gasteiger partial charge in [-0.05, 0) is 59.7 Å². The molecule has 3 nitrogen and oxygen atoms in total. The molecule has 0 bridgehead atoms. The van der Waals surface area contributed by atoms with Crippen LogP contribution < -0.4 is 9.47 Å². The van der Waals surface area contributed by atoms with Crippen LogP contribution in [0.1, 0.15) is 11.1 Å². The average molecular weight is 448 g/mol. The summed E-state index contributed by atoms with van der Waals surface area (Å²) < 4.78 is 11.6. The summed E-state index contributed by atoms with van der Waals surface area (Å²) in [4.78, 5) is 4.49. The predicted octanol–water partition coefficient (Wildman–Crippen LogP) is 8.12. The molecule has 0 aromatic heterocycles. The van der Waals surface area contributed by atoms with Gasteiger partial charge in [-0.15, -0.1) is 0 Å². The summed E-state index contributed by atoms with van der Waals surface area (Å²) in [5.41, 5.74) is 2.61. The fourth-order valence-electron chi connectivity index (χ4n) is 2.90. The monoisotopic (exact) mass is 447 g/mol. The number of para-hydroxylation sites is 1. The van der Waals surface area contributed by atoms with Crippen LogP contribution in [0.4, 0.5) is 5.69 Å². The van der Waals surface area contributed by atoms with E-state index in [1.165, 1.54) is 0 Å². The van der Waals surface area contributed by atoms with Crippen LogP contribution in [0, 0.1) is 0 Å². The van der Waals surface area contributed by atoms with E-state index in [-0.39, 0.29) is 0 Å². The first-order valence-corrected chi connectivity index (χ1v) is 10.5. The molecule has 0 aliphatic carbocycles. The van der Waals surface area contributed by atoms with Crippen molar-refractivity contribution in [3.63, 3.8) is 0 Å². The van der Waals surface area contributed by atoms with Gasteiger partial charge in [-0.2, -0.15) is 0 Å². The zero-order valence-corrected chi connectivity index (χ0v) is 18.1. The summed E-state index contributed by atoms with van der Waals surface area (Å²) in [7, 11) is 0. The number of nitrogens with zero attached hydrogens (tertiary/aromatic N) is 1. The molecule has 0 fully saturated rings. The number of halogens is 2. The second-order valence-corrected chi connectivity index (χ2v) is 7.57. The summed E-state index contributed by atoms with van der Waals surface area (Å²) in [5, 5.41) is 0.882. The zero-order valence-electron chi connectivity index (χ0n) is 16.5. The van der Waals surface area contributed by atoms with E-state index >= 15 is 0 Å². The maximum absolute atomic E-state index is 6.39. The molecule has 0 saturated carbocycles. The van der Waals surface area contributed by atoms with E-state index in [0.29, 0.717) is 22.4 Å². The van der Waals surface area contributed by atoms with Crippen LogP contribution >= 0.6 is 23.2 Å². The third-order valence-electron chi connectivity index (χ3n) is 4.42. The quantitative estimate of drug-likeness (QED) is 0.267. The van der Waals surface area contributed by atoms with Gasteiger partial charge in [-0.1, -0.05) is 71.7 Å². The number of hydrogen-bond acceptors (Lipinski definition) is 3. The first-order chi connectivity index (χ1) is 15.2. The summed E-state index contributed by atoms with van der Waals surface area (Å²) in [6, 6.07) is 30.6. The number of rotatable bonds is 7. The molecule has 0 spiro atoms. The van der Waals surface area contributed by atoms with Gasteiger partial charge in [0.2, 0.25) is 0 Å². The molecule has 0 N–H and O–H groups in total. The molecule has 0 saturated heterocycles.